The van der Waals surface area contributed by atoms with E-state index in [0.717, 1.165) is 23.3 Å². The molecule has 1 aliphatic heterocycles. The highest BCUT2D eigenvalue weighted by Gasteiger charge is 2.62. The zero-order chi connectivity index (χ0) is 14.3. The SMILES string of the molecule is C1=C[C@@H]2[C@H](C1)[C@@H]1C[C@@H]2[C@H]2N=NN(c3ccc4nccn4n3)[C@@H]12. The van der Waals surface area contributed by atoms with E-state index >= 15 is 0 Å². The molecule has 2 fully saturated rings. The van der Waals surface area contributed by atoms with E-state index in [0.29, 0.717) is 23.9 Å². The van der Waals surface area contributed by atoms with Crippen LogP contribution in [0.4, 0.5) is 5.82 Å². The normalized spacial score (nSPS) is 40.8. The monoisotopic (exact) mass is 292 g/mol. The van der Waals surface area contributed by atoms with E-state index < -0.39 is 0 Å². The Morgan fingerprint density at radius 3 is 3.14 bits per heavy atom. The van der Waals surface area contributed by atoms with Gasteiger partial charge in [0.2, 0.25) is 0 Å². The van der Waals surface area contributed by atoms with Crippen molar-refractivity contribution in [3.63, 3.8) is 0 Å². The van der Waals surface area contributed by atoms with E-state index in [9.17, 15) is 0 Å². The summed E-state index contributed by atoms with van der Waals surface area (Å²) in [5, 5.41) is 15.8. The van der Waals surface area contributed by atoms with E-state index in [1.807, 2.05) is 22.8 Å². The fraction of sp³-hybridized carbons (Fsp3) is 0.500. The number of allylic oxidation sites excluding steroid dienone is 2. The Labute approximate surface area is 127 Å². The Hall–Kier alpha value is -2.24. The molecule has 22 heavy (non-hydrogen) atoms. The molecule has 2 bridgehead atoms. The van der Waals surface area contributed by atoms with E-state index in [4.69, 9.17) is 0 Å². The van der Waals surface area contributed by atoms with Gasteiger partial charge in [0.15, 0.2) is 11.5 Å². The second kappa shape index (κ2) is 3.74. The van der Waals surface area contributed by atoms with Crippen molar-refractivity contribution in [3.05, 3.63) is 36.7 Å². The lowest BCUT2D eigenvalue weighted by Gasteiger charge is -2.35. The summed E-state index contributed by atoms with van der Waals surface area (Å²) < 4.78 is 1.81. The third kappa shape index (κ3) is 1.23. The molecule has 0 amide bonds. The number of aromatic nitrogens is 3. The van der Waals surface area contributed by atoms with Crippen LogP contribution in [0.2, 0.25) is 0 Å². The number of hydrogen-bond donors (Lipinski definition) is 0. The smallest absolute Gasteiger partial charge is 0.171 e. The molecule has 0 unspecified atom stereocenters. The minimum Gasteiger partial charge on any atom is -0.236 e. The Balaban J connectivity index is 1.41. The highest BCUT2D eigenvalue weighted by atomic mass is 15.6. The molecule has 110 valence electrons. The first-order chi connectivity index (χ1) is 10.9. The molecule has 0 saturated heterocycles. The van der Waals surface area contributed by atoms with Gasteiger partial charge in [-0.3, -0.25) is 0 Å². The van der Waals surface area contributed by atoms with Crippen molar-refractivity contribution in [2.24, 2.45) is 34.0 Å². The lowest BCUT2D eigenvalue weighted by Crippen LogP contribution is -2.45. The van der Waals surface area contributed by atoms with Crippen molar-refractivity contribution in [3.8, 4) is 0 Å². The van der Waals surface area contributed by atoms with E-state index in [2.05, 4.69) is 37.6 Å². The Morgan fingerprint density at radius 2 is 2.14 bits per heavy atom. The van der Waals surface area contributed by atoms with Gasteiger partial charge in [0.05, 0.1) is 12.1 Å². The first-order valence-corrected chi connectivity index (χ1v) is 8.07. The molecule has 6 nitrogen and oxygen atoms in total. The second-order valence-corrected chi connectivity index (χ2v) is 6.92. The molecular formula is C16H16N6. The molecular weight excluding hydrogens is 276 g/mol. The number of imidazole rings is 1. The van der Waals surface area contributed by atoms with Crippen molar-refractivity contribution in [2.75, 3.05) is 5.01 Å². The van der Waals surface area contributed by atoms with Gasteiger partial charge < -0.3 is 0 Å². The fourth-order valence-corrected chi connectivity index (χ4v) is 5.31. The molecule has 2 aromatic heterocycles. The van der Waals surface area contributed by atoms with Gasteiger partial charge >= 0.3 is 0 Å². The molecule has 4 aliphatic rings. The van der Waals surface area contributed by atoms with Crippen LogP contribution in [0, 0.1) is 23.7 Å². The highest BCUT2D eigenvalue weighted by Crippen LogP contribution is 2.60. The summed E-state index contributed by atoms with van der Waals surface area (Å²) >= 11 is 0. The summed E-state index contributed by atoms with van der Waals surface area (Å²) in [6.07, 6.45) is 11.0. The van der Waals surface area contributed by atoms with Crippen LogP contribution in [0.15, 0.2) is 47.0 Å². The molecule has 6 atom stereocenters. The molecule has 0 radical (unpaired) electrons. The van der Waals surface area contributed by atoms with E-state index in [1.165, 1.54) is 12.8 Å². The molecule has 0 N–H and O–H groups in total. The average molecular weight is 292 g/mol. The zero-order valence-corrected chi connectivity index (χ0v) is 12.0. The van der Waals surface area contributed by atoms with Crippen molar-refractivity contribution < 1.29 is 0 Å². The van der Waals surface area contributed by atoms with Gasteiger partial charge in [-0.1, -0.05) is 17.4 Å². The average Bonchev–Trinajstić information content (AvgIpc) is 3.29. The second-order valence-electron chi connectivity index (χ2n) is 6.92. The maximum Gasteiger partial charge on any atom is 0.171 e. The van der Waals surface area contributed by atoms with Crippen LogP contribution in [0.5, 0.6) is 0 Å². The van der Waals surface area contributed by atoms with Crippen LogP contribution >= 0.6 is 0 Å². The van der Waals surface area contributed by atoms with Gasteiger partial charge in [0.25, 0.3) is 0 Å². The van der Waals surface area contributed by atoms with Crippen LogP contribution in [-0.2, 0) is 0 Å². The number of nitrogens with zero attached hydrogens (tertiary/aromatic N) is 6. The number of rotatable bonds is 1. The van der Waals surface area contributed by atoms with E-state index in [1.54, 1.807) is 6.20 Å². The first-order valence-electron chi connectivity index (χ1n) is 8.07. The van der Waals surface area contributed by atoms with Crippen molar-refractivity contribution in [2.45, 2.75) is 24.9 Å². The quantitative estimate of drug-likeness (QED) is 0.759. The predicted molar refractivity (Wildman–Crippen MR) is 80.2 cm³/mol. The topological polar surface area (TPSA) is 58.2 Å². The van der Waals surface area contributed by atoms with Crippen LogP contribution in [0.3, 0.4) is 0 Å². The summed E-state index contributed by atoms with van der Waals surface area (Å²) in [5.41, 5.74) is 0.865. The first kappa shape index (κ1) is 11.3. The van der Waals surface area contributed by atoms with Crippen LogP contribution in [-0.4, -0.2) is 26.7 Å². The summed E-state index contributed by atoms with van der Waals surface area (Å²) in [7, 11) is 0. The van der Waals surface area contributed by atoms with Crippen LogP contribution < -0.4 is 5.01 Å². The molecule has 2 aromatic rings. The summed E-state index contributed by atoms with van der Waals surface area (Å²) in [6.45, 7) is 0. The van der Waals surface area contributed by atoms with Crippen molar-refractivity contribution in [1.29, 1.82) is 0 Å². The zero-order valence-electron chi connectivity index (χ0n) is 12.0. The van der Waals surface area contributed by atoms with Gasteiger partial charge in [-0.05, 0) is 48.6 Å². The van der Waals surface area contributed by atoms with Gasteiger partial charge in [0, 0.05) is 12.4 Å². The van der Waals surface area contributed by atoms with Gasteiger partial charge in [-0.15, -0.1) is 5.10 Å². The number of anilines is 1. The number of hydrogen-bond acceptors (Lipinski definition) is 5. The standard InChI is InChI=1S/C16H16N6/c1-2-9-10(3-1)12-8-11(9)15-16(12)22(20-18-15)14-5-4-13-17-6-7-21(13)19-14/h1-2,4-7,9-12,15-16H,3,8H2/t9-,10+,11+,12+,15-,16+/m1/s1. The summed E-state index contributed by atoms with van der Waals surface area (Å²) in [4.78, 5) is 4.25. The van der Waals surface area contributed by atoms with Gasteiger partial charge in [-0.25, -0.2) is 14.5 Å². The number of fused-ring (bicyclic) bond motifs is 9. The minimum atomic E-state index is 0.356. The minimum absolute atomic E-state index is 0.356. The molecule has 6 heteroatoms. The Morgan fingerprint density at radius 1 is 1.14 bits per heavy atom. The van der Waals surface area contributed by atoms with Crippen molar-refractivity contribution >= 4 is 11.5 Å². The Kier molecular flexibility index (Phi) is 1.93. The van der Waals surface area contributed by atoms with Crippen LogP contribution in [0.25, 0.3) is 5.65 Å². The largest absolute Gasteiger partial charge is 0.236 e. The molecule has 6 rings (SSSR count). The van der Waals surface area contributed by atoms with Gasteiger partial charge in [-0.2, -0.15) is 5.11 Å². The third-order valence-corrected chi connectivity index (χ3v) is 6.12. The third-order valence-electron chi connectivity index (χ3n) is 6.12. The maximum absolute atomic E-state index is 4.66. The van der Waals surface area contributed by atoms with Crippen molar-refractivity contribution in [1.82, 2.24) is 14.6 Å². The Bertz CT molecular complexity index is 823. The predicted octanol–water partition coefficient (Wildman–Crippen LogP) is 2.50. The molecule has 3 heterocycles. The van der Waals surface area contributed by atoms with E-state index in [-0.39, 0.29) is 0 Å². The fourth-order valence-electron chi connectivity index (χ4n) is 5.31. The molecule has 3 aliphatic carbocycles. The summed E-state index contributed by atoms with van der Waals surface area (Å²) in [6, 6.07) is 4.77. The lowest BCUT2D eigenvalue weighted by atomic mass is 9.76. The molecule has 0 aromatic carbocycles. The van der Waals surface area contributed by atoms with Gasteiger partial charge in [0.1, 0.15) is 0 Å². The highest BCUT2D eigenvalue weighted by molar-refractivity contribution is 5.47. The van der Waals surface area contributed by atoms with Crippen LogP contribution in [0.1, 0.15) is 12.8 Å². The maximum atomic E-state index is 4.66. The lowest BCUT2D eigenvalue weighted by molar-refractivity contribution is 0.237. The molecule has 0 spiro atoms. The summed E-state index contributed by atoms with van der Waals surface area (Å²) in [5.74, 6) is 3.81. The molecule has 2 saturated carbocycles.